The maximum Gasteiger partial charge on any atom is 0.333 e. The number of benzene rings is 2. The predicted molar refractivity (Wildman–Crippen MR) is 116 cm³/mol. The van der Waals surface area contributed by atoms with Crippen molar-refractivity contribution in [3.05, 3.63) is 104 Å². The standard InChI is InChI=1S/C24H26N2O5/c1-17-13-25(24(29)26(23(17)28)14-18-8-4-2-5-9-18)22-12-20(21(15-27)31-22)30-16-19-10-6-3-7-11-19/h2-11,13,20-22,27H,12,14-16H2,1H3/t20-,21+,22-/m1/s1. The van der Waals surface area contributed by atoms with Crippen LogP contribution in [-0.2, 0) is 22.6 Å². The lowest BCUT2D eigenvalue weighted by atomic mass is 10.1. The van der Waals surface area contributed by atoms with Crippen molar-refractivity contribution < 1.29 is 14.6 Å². The second-order valence-electron chi connectivity index (χ2n) is 7.76. The summed E-state index contributed by atoms with van der Waals surface area (Å²) in [5.41, 5.74) is 1.58. The molecule has 1 N–H and O–H groups in total. The number of aliphatic hydroxyl groups is 1. The highest BCUT2D eigenvalue weighted by Crippen LogP contribution is 2.30. The molecule has 0 amide bonds. The Morgan fingerprint density at radius 1 is 1.03 bits per heavy atom. The zero-order chi connectivity index (χ0) is 21.8. The van der Waals surface area contributed by atoms with E-state index in [0.717, 1.165) is 11.1 Å². The van der Waals surface area contributed by atoms with Gasteiger partial charge in [0.2, 0.25) is 0 Å². The summed E-state index contributed by atoms with van der Waals surface area (Å²) < 4.78 is 14.6. The maximum absolute atomic E-state index is 13.2. The van der Waals surface area contributed by atoms with Crippen molar-refractivity contribution in [3.8, 4) is 0 Å². The molecule has 7 heteroatoms. The summed E-state index contributed by atoms with van der Waals surface area (Å²) >= 11 is 0. The van der Waals surface area contributed by atoms with Gasteiger partial charge in [0, 0.05) is 18.2 Å². The van der Waals surface area contributed by atoms with Crippen LogP contribution in [0.25, 0.3) is 0 Å². The summed E-state index contributed by atoms with van der Waals surface area (Å²) in [5, 5.41) is 9.77. The minimum atomic E-state index is -0.619. The minimum absolute atomic E-state index is 0.185. The summed E-state index contributed by atoms with van der Waals surface area (Å²) in [5.74, 6) is 0. The van der Waals surface area contributed by atoms with Crippen LogP contribution in [0.1, 0.15) is 29.3 Å². The molecule has 31 heavy (non-hydrogen) atoms. The van der Waals surface area contributed by atoms with Crippen LogP contribution >= 0.6 is 0 Å². The fourth-order valence-corrected chi connectivity index (χ4v) is 3.86. The van der Waals surface area contributed by atoms with Crippen molar-refractivity contribution in [3.63, 3.8) is 0 Å². The van der Waals surface area contributed by atoms with Gasteiger partial charge in [0.25, 0.3) is 5.56 Å². The Morgan fingerprint density at radius 2 is 1.68 bits per heavy atom. The van der Waals surface area contributed by atoms with Crippen LogP contribution in [0, 0.1) is 6.92 Å². The quantitative estimate of drug-likeness (QED) is 0.631. The summed E-state index contributed by atoms with van der Waals surface area (Å²) in [6.07, 6.45) is 0.408. The zero-order valence-corrected chi connectivity index (χ0v) is 17.4. The first kappa shape index (κ1) is 21.2. The molecule has 7 nitrogen and oxygen atoms in total. The zero-order valence-electron chi connectivity index (χ0n) is 17.4. The molecular weight excluding hydrogens is 396 g/mol. The molecule has 2 aromatic carbocycles. The average Bonchev–Trinajstić information content (AvgIpc) is 3.22. The molecule has 162 valence electrons. The molecule has 0 spiro atoms. The van der Waals surface area contributed by atoms with Gasteiger partial charge in [-0.3, -0.25) is 13.9 Å². The van der Waals surface area contributed by atoms with Crippen molar-refractivity contribution in [1.29, 1.82) is 0 Å². The lowest BCUT2D eigenvalue weighted by Gasteiger charge is -2.17. The van der Waals surface area contributed by atoms with Crippen LogP contribution < -0.4 is 11.2 Å². The van der Waals surface area contributed by atoms with Gasteiger partial charge in [-0.2, -0.15) is 0 Å². The number of aromatic nitrogens is 2. The Labute approximate surface area is 180 Å². The van der Waals surface area contributed by atoms with Gasteiger partial charge in [0.1, 0.15) is 12.3 Å². The Morgan fingerprint density at radius 3 is 2.32 bits per heavy atom. The van der Waals surface area contributed by atoms with Gasteiger partial charge < -0.3 is 14.6 Å². The molecule has 1 aliphatic heterocycles. The molecule has 0 radical (unpaired) electrons. The smallest absolute Gasteiger partial charge is 0.333 e. The van der Waals surface area contributed by atoms with E-state index in [0.29, 0.717) is 18.6 Å². The molecule has 3 atom stereocenters. The number of rotatable bonds is 7. The molecule has 2 heterocycles. The highest BCUT2D eigenvalue weighted by Gasteiger charge is 2.37. The fraction of sp³-hybridized carbons (Fsp3) is 0.333. The first-order valence-corrected chi connectivity index (χ1v) is 10.3. The molecule has 0 unspecified atom stereocenters. The second kappa shape index (κ2) is 9.43. The van der Waals surface area contributed by atoms with Crippen molar-refractivity contribution in [2.24, 2.45) is 0 Å². The number of aliphatic hydroxyl groups excluding tert-OH is 1. The topological polar surface area (TPSA) is 82.7 Å². The third-order valence-corrected chi connectivity index (χ3v) is 5.53. The third kappa shape index (κ3) is 4.69. The summed E-state index contributed by atoms with van der Waals surface area (Å²) in [6, 6.07) is 19.1. The molecule has 0 aliphatic carbocycles. The van der Waals surface area contributed by atoms with Gasteiger partial charge in [-0.15, -0.1) is 0 Å². The lowest BCUT2D eigenvalue weighted by molar-refractivity contribution is -0.0660. The minimum Gasteiger partial charge on any atom is -0.394 e. The highest BCUT2D eigenvalue weighted by atomic mass is 16.6. The lowest BCUT2D eigenvalue weighted by Crippen LogP contribution is -2.42. The number of hydrogen-bond acceptors (Lipinski definition) is 5. The fourth-order valence-electron chi connectivity index (χ4n) is 3.86. The summed E-state index contributed by atoms with van der Waals surface area (Å²) in [7, 11) is 0. The number of aryl methyl sites for hydroxylation is 1. The van der Waals surface area contributed by atoms with E-state index in [1.54, 1.807) is 6.92 Å². The van der Waals surface area contributed by atoms with Gasteiger partial charge >= 0.3 is 5.69 Å². The van der Waals surface area contributed by atoms with E-state index in [1.165, 1.54) is 15.3 Å². The molecule has 4 rings (SSSR count). The van der Waals surface area contributed by atoms with Gasteiger partial charge in [0.15, 0.2) is 0 Å². The number of nitrogens with zero attached hydrogens (tertiary/aromatic N) is 2. The molecule has 3 aromatic rings. The van der Waals surface area contributed by atoms with Crippen molar-refractivity contribution >= 4 is 0 Å². The molecule has 0 bridgehead atoms. The summed E-state index contributed by atoms with van der Waals surface area (Å²) in [6.45, 7) is 2.04. The second-order valence-corrected chi connectivity index (χ2v) is 7.76. The largest absolute Gasteiger partial charge is 0.394 e. The molecule has 1 aromatic heterocycles. The van der Waals surface area contributed by atoms with E-state index >= 15 is 0 Å². The predicted octanol–water partition coefficient (Wildman–Crippen LogP) is 2.23. The van der Waals surface area contributed by atoms with Crippen LogP contribution in [0.15, 0.2) is 76.4 Å². The monoisotopic (exact) mass is 422 g/mol. The van der Waals surface area contributed by atoms with E-state index in [1.807, 2.05) is 60.7 Å². The van der Waals surface area contributed by atoms with Crippen LogP contribution in [0.4, 0.5) is 0 Å². The van der Waals surface area contributed by atoms with E-state index in [-0.39, 0.29) is 24.8 Å². The Bertz CT molecular complexity index is 1120. The Kier molecular flexibility index (Phi) is 6.46. The first-order chi connectivity index (χ1) is 15.1. The van der Waals surface area contributed by atoms with E-state index < -0.39 is 18.0 Å². The van der Waals surface area contributed by atoms with Crippen molar-refractivity contribution in [2.45, 2.75) is 44.9 Å². The molecule has 1 aliphatic rings. The normalized spacial score (nSPS) is 20.8. The number of ether oxygens (including phenoxy) is 2. The Balaban J connectivity index is 1.57. The van der Waals surface area contributed by atoms with Gasteiger partial charge in [0.05, 0.1) is 25.9 Å². The average molecular weight is 422 g/mol. The van der Waals surface area contributed by atoms with E-state index in [4.69, 9.17) is 9.47 Å². The van der Waals surface area contributed by atoms with Gasteiger partial charge in [-0.25, -0.2) is 4.79 Å². The molecule has 0 saturated carbocycles. The first-order valence-electron chi connectivity index (χ1n) is 10.3. The van der Waals surface area contributed by atoms with Crippen molar-refractivity contribution in [1.82, 2.24) is 9.13 Å². The van der Waals surface area contributed by atoms with E-state index in [9.17, 15) is 14.7 Å². The molecule has 1 fully saturated rings. The van der Waals surface area contributed by atoms with E-state index in [2.05, 4.69) is 0 Å². The van der Waals surface area contributed by atoms with Crippen molar-refractivity contribution in [2.75, 3.05) is 6.61 Å². The van der Waals surface area contributed by atoms with Gasteiger partial charge in [-0.05, 0) is 18.1 Å². The SMILES string of the molecule is Cc1cn([C@H]2C[C@@H](OCc3ccccc3)[C@H](CO)O2)c(=O)n(Cc2ccccc2)c1=O. The third-order valence-electron chi connectivity index (χ3n) is 5.53. The van der Waals surface area contributed by atoms with Crippen LogP contribution in [-0.4, -0.2) is 33.1 Å². The maximum atomic E-state index is 13.2. The summed E-state index contributed by atoms with van der Waals surface area (Å²) in [4.78, 5) is 25.8. The number of hydrogen-bond donors (Lipinski definition) is 1. The molecular formula is C24H26N2O5. The van der Waals surface area contributed by atoms with Crippen LogP contribution in [0.2, 0.25) is 0 Å². The molecule has 1 saturated heterocycles. The van der Waals surface area contributed by atoms with Crippen LogP contribution in [0.5, 0.6) is 0 Å². The van der Waals surface area contributed by atoms with Crippen LogP contribution in [0.3, 0.4) is 0 Å². The Hall–Kier alpha value is -3.00. The van der Waals surface area contributed by atoms with Gasteiger partial charge in [-0.1, -0.05) is 60.7 Å². The highest BCUT2D eigenvalue weighted by molar-refractivity contribution is 5.16.